The predicted molar refractivity (Wildman–Crippen MR) is 177 cm³/mol. The van der Waals surface area contributed by atoms with Gasteiger partial charge in [0, 0.05) is 32.5 Å². The lowest BCUT2D eigenvalue weighted by Gasteiger charge is -2.24. The molecule has 2 fully saturated rings. The van der Waals surface area contributed by atoms with E-state index in [2.05, 4.69) is 10.6 Å². The smallest absolute Gasteiger partial charge is 0.240 e. The van der Waals surface area contributed by atoms with Crippen molar-refractivity contribution in [3.05, 3.63) is 0 Å². The molecule has 0 aromatic rings. The number of likely N-dealkylation sites (tertiary alicyclic amines) is 1. The van der Waals surface area contributed by atoms with E-state index >= 15 is 0 Å². The highest BCUT2D eigenvalue weighted by molar-refractivity contribution is 8.00. The van der Waals surface area contributed by atoms with Crippen LogP contribution < -0.4 is 16.4 Å². The van der Waals surface area contributed by atoms with Crippen LogP contribution in [0.25, 0.3) is 0 Å². The lowest BCUT2D eigenvalue weighted by atomic mass is 10.0. The number of rotatable bonds is 9. The van der Waals surface area contributed by atoms with Crippen molar-refractivity contribution in [2.75, 3.05) is 31.6 Å². The number of hydrogen-bond donors (Lipinski definition) is 3. The van der Waals surface area contributed by atoms with Crippen molar-refractivity contribution in [3.63, 3.8) is 0 Å². The van der Waals surface area contributed by atoms with Gasteiger partial charge in [-0.25, -0.2) is 0 Å². The van der Waals surface area contributed by atoms with Crippen LogP contribution in [0, 0.1) is 5.92 Å². The Morgan fingerprint density at radius 1 is 0.786 bits per heavy atom. The van der Waals surface area contributed by atoms with Gasteiger partial charge in [0.15, 0.2) is 0 Å². The third-order valence-electron chi connectivity index (χ3n) is 8.16. The number of hydrogen-bond acceptors (Lipinski definition) is 5. The van der Waals surface area contributed by atoms with Crippen LogP contribution in [-0.2, 0) is 19.2 Å². The maximum atomic E-state index is 12.0. The highest BCUT2D eigenvalue weighted by Crippen LogP contribution is 2.21. The summed E-state index contributed by atoms with van der Waals surface area (Å²) in [5.41, 5.74) is 5.31. The second-order valence-corrected chi connectivity index (χ2v) is 12.8. The van der Waals surface area contributed by atoms with Gasteiger partial charge >= 0.3 is 0 Å². The maximum Gasteiger partial charge on any atom is 0.240 e. The van der Waals surface area contributed by atoms with E-state index in [9.17, 15) is 19.2 Å². The van der Waals surface area contributed by atoms with Crippen molar-refractivity contribution in [1.82, 2.24) is 15.5 Å². The van der Waals surface area contributed by atoms with Crippen molar-refractivity contribution >= 4 is 35.4 Å². The Labute approximate surface area is 261 Å². The molecule has 1 aliphatic carbocycles. The van der Waals surface area contributed by atoms with Gasteiger partial charge in [-0.05, 0) is 6.42 Å². The Balaban J connectivity index is 0.000000804. The maximum absolute atomic E-state index is 12.0. The number of carbonyl (C=O) groups excluding carboxylic acids is 4. The number of carbonyl (C=O) groups is 4. The molecule has 1 aliphatic heterocycles. The molecule has 1 unspecified atom stereocenters. The van der Waals surface area contributed by atoms with Crippen LogP contribution in [0.2, 0.25) is 0 Å². The number of nitrogens with one attached hydrogen (secondary N) is 2. The fourth-order valence-corrected chi connectivity index (χ4v) is 6.34. The van der Waals surface area contributed by atoms with Gasteiger partial charge in [-0.15, -0.1) is 11.8 Å². The van der Waals surface area contributed by atoms with Crippen molar-refractivity contribution in [2.24, 2.45) is 11.7 Å². The quantitative estimate of drug-likeness (QED) is 0.280. The van der Waals surface area contributed by atoms with Gasteiger partial charge in [-0.2, -0.15) is 0 Å². The first-order chi connectivity index (χ1) is 19.9. The third kappa shape index (κ3) is 20.2. The lowest BCUT2D eigenvalue weighted by molar-refractivity contribution is -0.136. The number of nitrogens with zero attached hydrogens (tertiary/aromatic N) is 1. The summed E-state index contributed by atoms with van der Waals surface area (Å²) in [6.45, 7) is 2.60. The minimum Gasteiger partial charge on any atom is -0.368 e. The minimum absolute atomic E-state index is 0. The fraction of sp³-hybridized carbons (Fsp3) is 0.879. The summed E-state index contributed by atoms with van der Waals surface area (Å²) in [5, 5.41) is 5.24. The minimum atomic E-state index is -0.577. The molecule has 8 nitrogen and oxygen atoms in total. The van der Waals surface area contributed by atoms with Crippen LogP contribution in [0.4, 0.5) is 0 Å². The molecule has 0 bridgehead atoms. The molecule has 0 radical (unpaired) electrons. The number of thioether (sulfide) groups is 1. The van der Waals surface area contributed by atoms with E-state index in [0.717, 1.165) is 0 Å². The fourth-order valence-electron chi connectivity index (χ4n) is 5.62. The largest absolute Gasteiger partial charge is 0.368 e. The molecule has 0 spiro atoms. The molecule has 2 aliphatic rings. The van der Waals surface area contributed by atoms with Crippen molar-refractivity contribution in [1.29, 1.82) is 0 Å². The second-order valence-electron chi connectivity index (χ2n) is 11.8. The van der Waals surface area contributed by atoms with Gasteiger partial charge in [0.1, 0.15) is 6.04 Å². The first-order valence-corrected chi connectivity index (χ1v) is 17.7. The topological polar surface area (TPSA) is 122 Å². The van der Waals surface area contributed by atoms with Gasteiger partial charge in [-0.3, -0.25) is 19.2 Å². The SMILES string of the molecule is C.C1CCCCCCCCCCCCCCCCC1.CC[C@H](C(N)=O)N1CC(CNC(=O)CSCC(=O)NC)CC1=O. The van der Waals surface area contributed by atoms with Crippen LogP contribution in [0.1, 0.15) is 143 Å². The Bertz CT molecular complexity index is 662. The van der Waals surface area contributed by atoms with E-state index in [1.807, 2.05) is 6.92 Å². The number of primary amides is 1. The monoisotopic (exact) mass is 612 g/mol. The Hall–Kier alpha value is -1.77. The van der Waals surface area contributed by atoms with Crippen molar-refractivity contribution < 1.29 is 19.2 Å². The Kier molecular flexibility index (Phi) is 25.7. The Morgan fingerprint density at radius 2 is 1.17 bits per heavy atom. The molecule has 246 valence electrons. The number of nitrogens with two attached hydrogens (primary N) is 1. The van der Waals surface area contributed by atoms with Crippen molar-refractivity contribution in [2.45, 2.75) is 149 Å². The molecular formula is C33H64N4O4S. The molecular weight excluding hydrogens is 548 g/mol. The predicted octanol–water partition coefficient (Wildman–Crippen LogP) is 6.35. The van der Waals surface area contributed by atoms with Gasteiger partial charge in [0.25, 0.3) is 0 Å². The van der Waals surface area contributed by atoms with E-state index in [1.165, 1.54) is 132 Å². The van der Waals surface area contributed by atoms with Crippen LogP contribution >= 0.6 is 11.8 Å². The highest BCUT2D eigenvalue weighted by atomic mass is 32.2. The van der Waals surface area contributed by atoms with Crippen LogP contribution in [0.15, 0.2) is 0 Å². The summed E-state index contributed by atoms with van der Waals surface area (Å²) in [4.78, 5) is 47.6. The molecule has 2 rings (SSSR count). The van der Waals surface area contributed by atoms with E-state index in [4.69, 9.17) is 5.73 Å². The average molecular weight is 613 g/mol. The highest BCUT2D eigenvalue weighted by Gasteiger charge is 2.35. The molecule has 2 atom stereocenters. The molecule has 1 heterocycles. The van der Waals surface area contributed by atoms with E-state index in [1.54, 1.807) is 7.05 Å². The number of amides is 4. The van der Waals surface area contributed by atoms with Crippen LogP contribution in [-0.4, -0.2) is 66.2 Å². The first kappa shape index (κ1) is 40.2. The standard InChI is InChI=1S/C18H36.C14H24N4O4S.CH4/c1-2-4-6-8-10-12-14-16-18-17-15-13-11-9-7-5-3-1;1-3-10(14(15)22)18-6-9(4-13(18)21)5-17-12(20)8-23-7-11(19)16-2;/h1-18H2;9-10H,3-8H2,1-2H3,(H2,15,22)(H,16,19)(H,17,20);1H4/t;9?,10-;/m.1./s1. The van der Waals surface area contributed by atoms with Crippen molar-refractivity contribution in [3.8, 4) is 0 Å². The first-order valence-electron chi connectivity index (χ1n) is 16.5. The van der Waals surface area contributed by atoms with E-state index < -0.39 is 11.9 Å². The molecule has 0 aromatic carbocycles. The molecule has 42 heavy (non-hydrogen) atoms. The molecule has 0 aromatic heterocycles. The summed E-state index contributed by atoms with van der Waals surface area (Å²) in [7, 11) is 1.54. The zero-order valence-electron chi connectivity index (χ0n) is 26.2. The van der Waals surface area contributed by atoms with E-state index in [-0.39, 0.29) is 42.6 Å². The summed E-state index contributed by atoms with van der Waals surface area (Å²) in [6.07, 6.45) is 27.8. The summed E-state index contributed by atoms with van der Waals surface area (Å²) >= 11 is 1.23. The molecule has 9 heteroatoms. The average Bonchev–Trinajstić information content (AvgIpc) is 3.32. The third-order valence-corrected chi connectivity index (χ3v) is 9.10. The summed E-state index contributed by atoms with van der Waals surface area (Å²) in [5.74, 6) is -0.514. The van der Waals surface area contributed by atoms with E-state index in [0.29, 0.717) is 25.9 Å². The van der Waals surface area contributed by atoms with Gasteiger partial charge < -0.3 is 21.3 Å². The summed E-state index contributed by atoms with van der Waals surface area (Å²) in [6, 6.07) is -0.577. The Morgan fingerprint density at radius 3 is 1.50 bits per heavy atom. The summed E-state index contributed by atoms with van der Waals surface area (Å²) < 4.78 is 0. The van der Waals surface area contributed by atoms with Crippen LogP contribution in [0.5, 0.6) is 0 Å². The van der Waals surface area contributed by atoms with Gasteiger partial charge in [-0.1, -0.05) is 130 Å². The second kappa shape index (κ2) is 26.8. The van der Waals surface area contributed by atoms with Gasteiger partial charge in [0.05, 0.1) is 11.5 Å². The zero-order chi connectivity index (χ0) is 30.1. The molecule has 4 amide bonds. The normalized spacial score (nSPS) is 20.5. The lowest BCUT2D eigenvalue weighted by Crippen LogP contribution is -2.45. The zero-order valence-corrected chi connectivity index (χ0v) is 27.0. The van der Waals surface area contributed by atoms with Gasteiger partial charge in [0.2, 0.25) is 23.6 Å². The molecule has 1 saturated carbocycles. The van der Waals surface area contributed by atoms with Crippen LogP contribution in [0.3, 0.4) is 0 Å². The molecule has 4 N–H and O–H groups in total. The molecule has 1 saturated heterocycles.